The van der Waals surface area contributed by atoms with Gasteiger partial charge in [-0.1, -0.05) is 49.6 Å². The van der Waals surface area contributed by atoms with Crippen molar-refractivity contribution in [3.05, 3.63) is 67.9 Å². The Morgan fingerprint density at radius 2 is 1.67 bits per heavy atom. The maximum absolute atomic E-state index is 13.7. The second-order valence-corrected chi connectivity index (χ2v) is 5.96. The van der Waals surface area contributed by atoms with E-state index in [2.05, 4.69) is 31.9 Å². The molecule has 0 spiro atoms. The Kier molecular flexibility index (Phi) is 4.20. The van der Waals surface area contributed by atoms with Crippen LogP contribution in [0.15, 0.2) is 45.3 Å². The smallest absolute Gasteiger partial charge is 0.129 e. The highest BCUT2D eigenvalue weighted by molar-refractivity contribution is 9.11. The first-order chi connectivity index (χ1) is 8.47. The lowest BCUT2D eigenvalue weighted by Crippen LogP contribution is -2.03. The Labute approximate surface area is 122 Å². The van der Waals surface area contributed by atoms with Crippen molar-refractivity contribution in [2.24, 2.45) is 0 Å². The number of aryl methyl sites for hydroxylation is 1. The molecule has 1 nitrogen and oxygen atoms in total. The maximum Gasteiger partial charge on any atom is 0.129 e. The van der Waals surface area contributed by atoms with E-state index in [-0.39, 0.29) is 0 Å². The molecule has 4 heteroatoms. The van der Waals surface area contributed by atoms with Crippen molar-refractivity contribution in [1.82, 2.24) is 0 Å². The molecule has 0 saturated carbocycles. The Bertz CT molecular complexity index is 564. The average molecular weight is 374 g/mol. The molecule has 18 heavy (non-hydrogen) atoms. The van der Waals surface area contributed by atoms with Crippen LogP contribution in [0.1, 0.15) is 22.8 Å². The number of hydrogen-bond acceptors (Lipinski definition) is 1. The molecule has 0 amide bonds. The SMILES string of the molecule is Cc1ccc(F)c(C(O)c2cc(Br)cc(Br)c2)c1. The van der Waals surface area contributed by atoms with Gasteiger partial charge < -0.3 is 5.11 Å². The van der Waals surface area contributed by atoms with Gasteiger partial charge in [0.15, 0.2) is 0 Å². The van der Waals surface area contributed by atoms with Crippen LogP contribution >= 0.6 is 31.9 Å². The fraction of sp³-hybridized carbons (Fsp3) is 0.143. The minimum atomic E-state index is -0.973. The predicted octanol–water partition coefficient (Wildman–Crippen LogP) is 4.74. The van der Waals surface area contributed by atoms with Crippen LogP contribution in [0.2, 0.25) is 0 Å². The first-order valence-electron chi connectivity index (χ1n) is 5.37. The number of halogens is 3. The third-order valence-electron chi connectivity index (χ3n) is 2.65. The lowest BCUT2D eigenvalue weighted by molar-refractivity contribution is 0.214. The van der Waals surface area contributed by atoms with Crippen molar-refractivity contribution >= 4 is 31.9 Å². The van der Waals surface area contributed by atoms with E-state index in [4.69, 9.17) is 0 Å². The van der Waals surface area contributed by atoms with E-state index in [1.165, 1.54) is 6.07 Å². The maximum atomic E-state index is 13.7. The third-order valence-corrected chi connectivity index (χ3v) is 3.56. The summed E-state index contributed by atoms with van der Waals surface area (Å²) in [5, 5.41) is 10.3. The minimum absolute atomic E-state index is 0.292. The van der Waals surface area contributed by atoms with Crippen LogP contribution in [-0.4, -0.2) is 5.11 Å². The summed E-state index contributed by atoms with van der Waals surface area (Å²) >= 11 is 6.70. The van der Waals surface area contributed by atoms with Gasteiger partial charge in [0, 0.05) is 14.5 Å². The van der Waals surface area contributed by atoms with E-state index >= 15 is 0 Å². The number of benzene rings is 2. The molecule has 0 radical (unpaired) electrons. The Morgan fingerprint density at radius 3 is 2.28 bits per heavy atom. The third kappa shape index (κ3) is 2.99. The fourth-order valence-corrected chi connectivity index (χ4v) is 3.11. The van der Waals surface area contributed by atoms with Gasteiger partial charge in [-0.3, -0.25) is 0 Å². The lowest BCUT2D eigenvalue weighted by Gasteiger charge is -2.14. The van der Waals surface area contributed by atoms with Crippen LogP contribution < -0.4 is 0 Å². The summed E-state index contributed by atoms with van der Waals surface area (Å²) in [6, 6.07) is 10.1. The largest absolute Gasteiger partial charge is 0.384 e. The molecule has 0 aliphatic rings. The van der Waals surface area contributed by atoms with Gasteiger partial charge in [-0.2, -0.15) is 0 Å². The molecular weight excluding hydrogens is 363 g/mol. The Morgan fingerprint density at radius 1 is 1.06 bits per heavy atom. The van der Waals surface area contributed by atoms with Crippen molar-refractivity contribution in [1.29, 1.82) is 0 Å². The quantitative estimate of drug-likeness (QED) is 0.805. The van der Waals surface area contributed by atoms with E-state index < -0.39 is 11.9 Å². The molecule has 2 rings (SSSR count). The van der Waals surface area contributed by atoms with E-state index in [1.54, 1.807) is 24.3 Å². The van der Waals surface area contributed by atoms with E-state index in [0.29, 0.717) is 11.1 Å². The molecule has 0 heterocycles. The first-order valence-corrected chi connectivity index (χ1v) is 6.96. The van der Waals surface area contributed by atoms with Crippen LogP contribution in [0.5, 0.6) is 0 Å². The van der Waals surface area contributed by atoms with Crippen LogP contribution in [0.25, 0.3) is 0 Å². The fourth-order valence-electron chi connectivity index (χ4n) is 1.79. The molecular formula is C14H11Br2FO. The summed E-state index contributed by atoms with van der Waals surface area (Å²) < 4.78 is 15.4. The zero-order chi connectivity index (χ0) is 13.3. The molecule has 0 bridgehead atoms. The van der Waals surface area contributed by atoms with Crippen molar-refractivity contribution in [2.75, 3.05) is 0 Å². The summed E-state index contributed by atoms with van der Waals surface area (Å²) in [7, 11) is 0. The molecule has 1 N–H and O–H groups in total. The van der Waals surface area contributed by atoms with E-state index in [9.17, 15) is 9.50 Å². The van der Waals surface area contributed by atoms with Gasteiger partial charge in [-0.25, -0.2) is 4.39 Å². The first kappa shape index (κ1) is 13.7. The van der Waals surface area contributed by atoms with Crippen LogP contribution in [0.4, 0.5) is 4.39 Å². The summed E-state index contributed by atoms with van der Waals surface area (Å²) in [4.78, 5) is 0. The number of aliphatic hydroxyl groups excluding tert-OH is 1. The van der Waals surface area contributed by atoms with Crippen LogP contribution in [-0.2, 0) is 0 Å². The predicted molar refractivity (Wildman–Crippen MR) is 77.0 cm³/mol. The molecule has 0 aliphatic carbocycles. The summed E-state index contributed by atoms with van der Waals surface area (Å²) in [6.07, 6.45) is -0.973. The normalized spacial score (nSPS) is 12.5. The number of hydrogen-bond donors (Lipinski definition) is 1. The molecule has 1 atom stereocenters. The molecule has 94 valence electrons. The highest BCUT2D eigenvalue weighted by atomic mass is 79.9. The molecule has 2 aromatic rings. The molecule has 0 saturated heterocycles. The Balaban J connectivity index is 2.47. The van der Waals surface area contributed by atoms with Gasteiger partial charge in [-0.15, -0.1) is 0 Å². The molecule has 2 aromatic carbocycles. The van der Waals surface area contributed by atoms with Gasteiger partial charge in [0.25, 0.3) is 0 Å². The van der Waals surface area contributed by atoms with Gasteiger partial charge in [-0.05, 0) is 36.8 Å². The molecule has 1 unspecified atom stereocenters. The van der Waals surface area contributed by atoms with E-state index in [1.807, 2.05) is 13.0 Å². The highest BCUT2D eigenvalue weighted by Crippen LogP contribution is 2.29. The summed E-state index contributed by atoms with van der Waals surface area (Å²) in [5.74, 6) is -0.399. The zero-order valence-corrected chi connectivity index (χ0v) is 12.8. The van der Waals surface area contributed by atoms with Gasteiger partial charge in [0.05, 0.1) is 0 Å². The second-order valence-electron chi connectivity index (χ2n) is 4.13. The van der Waals surface area contributed by atoms with Crippen molar-refractivity contribution in [3.63, 3.8) is 0 Å². The standard InChI is InChI=1S/C14H11Br2FO/c1-8-2-3-13(17)12(4-8)14(18)9-5-10(15)7-11(16)6-9/h2-7,14,18H,1H3. The topological polar surface area (TPSA) is 20.2 Å². The Hall–Kier alpha value is -0.710. The lowest BCUT2D eigenvalue weighted by atomic mass is 9.99. The van der Waals surface area contributed by atoms with Crippen molar-refractivity contribution in [2.45, 2.75) is 13.0 Å². The molecule has 0 aromatic heterocycles. The number of aliphatic hydroxyl groups is 1. The average Bonchev–Trinajstić information content (AvgIpc) is 2.30. The summed E-state index contributed by atoms with van der Waals surface area (Å²) in [6.45, 7) is 1.87. The highest BCUT2D eigenvalue weighted by Gasteiger charge is 2.16. The van der Waals surface area contributed by atoms with Crippen molar-refractivity contribution in [3.8, 4) is 0 Å². The van der Waals surface area contributed by atoms with Gasteiger partial charge in [0.2, 0.25) is 0 Å². The van der Waals surface area contributed by atoms with Gasteiger partial charge in [0.1, 0.15) is 11.9 Å². The second kappa shape index (κ2) is 5.51. The van der Waals surface area contributed by atoms with Crippen LogP contribution in [0.3, 0.4) is 0 Å². The number of rotatable bonds is 2. The van der Waals surface area contributed by atoms with Crippen molar-refractivity contribution < 1.29 is 9.50 Å². The summed E-state index contributed by atoms with van der Waals surface area (Å²) in [5.41, 5.74) is 1.85. The van der Waals surface area contributed by atoms with Gasteiger partial charge >= 0.3 is 0 Å². The molecule has 0 aliphatic heterocycles. The monoisotopic (exact) mass is 372 g/mol. The van der Waals surface area contributed by atoms with E-state index in [0.717, 1.165) is 14.5 Å². The minimum Gasteiger partial charge on any atom is -0.384 e. The van der Waals surface area contributed by atoms with Crippen LogP contribution in [0, 0.1) is 12.7 Å². The molecule has 0 fully saturated rings. The zero-order valence-electron chi connectivity index (χ0n) is 9.62.